The van der Waals surface area contributed by atoms with Crippen molar-refractivity contribution in [2.45, 2.75) is 12.0 Å². The summed E-state index contributed by atoms with van der Waals surface area (Å²) in [6.07, 6.45) is -1.29. The third-order valence-corrected chi connectivity index (χ3v) is 4.93. The van der Waals surface area contributed by atoms with E-state index in [-0.39, 0.29) is 11.7 Å². The molecule has 0 radical (unpaired) electrons. The fourth-order valence-electron chi connectivity index (χ4n) is 2.81. The lowest BCUT2D eigenvalue weighted by molar-refractivity contribution is -0.145. The normalized spacial score (nSPS) is 14.5. The Hall–Kier alpha value is -1.78. The van der Waals surface area contributed by atoms with Crippen LogP contribution in [0.15, 0.2) is 48.5 Å². The van der Waals surface area contributed by atoms with E-state index < -0.39 is 12.1 Å². The van der Waals surface area contributed by atoms with Gasteiger partial charge in [0.1, 0.15) is 0 Å². The summed E-state index contributed by atoms with van der Waals surface area (Å²) in [4.78, 5) is 10.7. The van der Waals surface area contributed by atoms with E-state index in [0.29, 0.717) is 0 Å². The third kappa shape index (κ3) is 2.69. The Labute approximate surface area is 127 Å². The van der Waals surface area contributed by atoms with Gasteiger partial charge in [0.05, 0.1) is 0 Å². The highest BCUT2D eigenvalue weighted by Crippen LogP contribution is 2.45. The zero-order valence-corrected chi connectivity index (χ0v) is 12.2. The molecule has 108 valence electrons. The second kappa shape index (κ2) is 5.92. The van der Waals surface area contributed by atoms with Crippen molar-refractivity contribution in [3.63, 3.8) is 0 Å². The van der Waals surface area contributed by atoms with Crippen LogP contribution in [0.5, 0.6) is 0 Å². The second-order valence-corrected chi connectivity index (χ2v) is 6.19. The summed E-state index contributed by atoms with van der Waals surface area (Å²) in [5, 5.41) is 18.1. The average molecular weight is 300 g/mol. The Kier molecular flexibility index (Phi) is 3.99. The second-order valence-electron chi connectivity index (χ2n) is 5.12. The summed E-state index contributed by atoms with van der Waals surface area (Å²) in [6, 6.07) is 16.7. The molecule has 1 aliphatic rings. The molecule has 0 saturated carbocycles. The van der Waals surface area contributed by atoms with Crippen LogP contribution in [0, 0.1) is 0 Å². The fourth-order valence-corrected chi connectivity index (χ4v) is 3.90. The number of thioether (sulfide) groups is 1. The molecule has 1 atom stereocenters. The monoisotopic (exact) mass is 300 g/mol. The Morgan fingerprint density at radius 3 is 2.10 bits per heavy atom. The fraction of sp³-hybridized carbons (Fsp3) is 0.235. The molecule has 3 nitrogen and oxygen atoms in total. The highest BCUT2D eigenvalue weighted by Gasteiger charge is 2.28. The lowest BCUT2D eigenvalue weighted by atomic mass is 9.99. The molecule has 0 saturated heterocycles. The van der Waals surface area contributed by atoms with Gasteiger partial charge < -0.3 is 10.2 Å². The van der Waals surface area contributed by atoms with Crippen LogP contribution in [-0.4, -0.2) is 33.8 Å². The van der Waals surface area contributed by atoms with Gasteiger partial charge in [-0.1, -0.05) is 48.5 Å². The van der Waals surface area contributed by atoms with Crippen LogP contribution in [0.3, 0.4) is 0 Å². The molecule has 0 aromatic heterocycles. The van der Waals surface area contributed by atoms with Crippen LogP contribution in [0.25, 0.3) is 11.1 Å². The topological polar surface area (TPSA) is 57.5 Å². The van der Waals surface area contributed by atoms with Gasteiger partial charge in [0.25, 0.3) is 0 Å². The minimum atomic E-state index is -1.29. The van der Waals surface area contributed by atoms with Crippen LogP contribution in [-0.2, 0) is 4.79 Å². The number of carboxylic acid groups (broad SMARTS) is 1. The predicted octanol–water partition coefficient (Wildman–Crippen LogP) is 2.98. The molecule has 1 unspecified atom stereocenters. The van der Waals surface area contributed by atoms with Crippen molar-refractivity contribution >= 4 is 17.7 Å². The number of benzene rings is 2. The molecule has 2 aromatic rings. The van der Waals surface area contributed by atoms with Crippen LogP contribution >= 0.6 is 11.8 Å². The molecule has 2 aromatic carbocycles. The number of aliphatic hydroxyl groups excluding tert-OH is 1. The highest BCUT2D eigenvalue weighted by molar-refractivity contribution is 7.99. The maximum atomic E-state index is 10.7. The quantitative estimate of drug-likeness (QED) is 0.891. The van der Waals surface area contributed by atoms with E-state index in [2.05, 4.69) is 24.3 Å². The van der Waals surface area contributed by atoms with E-state index in [0.717, 1.165) is 5.75 Å². The Morgan fingerprint density at radius 1 is 1.05 bits per heavy atom. The molecular weight excluding hydrogens is 284 g/mol. The first-order valence-electron chi connectivity index (χ1n) is 6.85. The van der Waals surface area contributed by atoms with Gasteiger partial charge in [0.15, 0.2) is 6.10 Å². The first kappa shape index (κ1) is 14.2. The molecule has 1 aliphatic carbocycles. The molecule has 0 fully saturated rings. The maximum absolute atomic E-state index is 10.7. The van der Waals surface area contributed by atoms with Gasteiger partial charge in [-0.05, 0) is 22.3 Å². The highest BCUT2D eigenvalue weighted by atomic mass is 32.2. The Balaban J connectivity index is 1.81. The molecular formula is C17H16O3S. The summed E-state index contributed by atoms with van der Waals surface area (Å²) in [7, 11) is 0. The van der Waals surface area contributed by atoms with E-state index in [9.17, 15) is 9.90 Å². The van der Waals surface area contributed by atoms with Gasteiger partial charge >= 0.3 is 5.97 Å². The summed E-state index contributed by atoms with van der Waals surface area (Å²) in [5.74, 6) is 0.104. The van der Waals surface area contributed by atoms with Crippen molar-refractivity contribution in [1.82, 2.24) is 0 Å². The molecule has 0 aliphatic heterocycles. The van der Waals surface area contributed by atoms with E-state index >= 15 is 0 Å². The summed E-state index contributed by atoms with van der Waals surface area (Å²) in [6.45, 7) is 0. The first-order valence-corrected chi connectivity index (χ1v) is 8.01. The smallest absolute Gasteiger partial charge is 0.333 e. The first-order chi connectivity index (χ1) is 10.2. The number of hydrogen-bond donors (Lipinski definition) is 2. The molecule has 3 rings (SSSR count). The number of fused-ring (bicyclic) bond motifs is 3. The van der Waals surface area contributed by atoms with Crippen molar-refractivity contribution in [2.75, 3.05) is 11.5 Å². The number of aliphatic hydroxyl groups is 1. The zero-order chi connectivity index (χ0) is 14.8. The Morgan fingerprint density at radius 2 is 1.57 bits per heavy atom. The SMILES string of the molecule is O=C(O)C(O)CSCC1c2ccccc2-c2ccccc21. The van der Waals surface area contributed by atoms with Crippen molar-refractivity contribution in [3.05, 3.63) is 59.7 Å². The minimum absolute atomic E-state index is 0.218. The lowest BCUT2D eigenvalue weighted by Crippen LogP contribution is -2.22. The van der Waals surface area contributed by atoms with Gasteiger partial charge in [0.2, 0.25) is 0 Å². The molecule has 0 spiro atoms. The number of carbonyl (C=O) groups is 1. The number of hydrogen-bond acceptors (Lipinski definition) is 3. The average Bonchev–Trinajstić information content (AvgIpc) is 2.82. The summed E-state index contributed by atoms with van der Waals surface area (Å²) >= 11 is 1.48. The molecule has 4 heteroatoms. The van der Waals surface area contributed by atoms with E-state index in [1.54, 1.807) is 0 Å². The van der Waals surface area contributed by atoms with Gasteiger partial charge in [-0.3, -0.25) is 0 Å². The van der Waals surface area contributed by atoms with E-state index in [1.165, 1.54) is 34.0 Å². The largest absolute Gasteiger partial charge is 0.479 e. The van der Waals surface area contributed by atoms with E-state index in [4.69, 9.17) is 5.11 Å². The van der Waals surface area contributed by atoms with Crippen LogP contribution in [0.1, 0.15) is 17.0 Å². The third-order valence-electron chi connectivity index (χ3n) is 3.81. The van der Waals surface area contributed by atoms with Crippen molar-refractivity contribution in [2.24, 2.45) is 0 Å². The van der Waals surface area contributed by atoms with Gasteiger partial charge in [-0.2, -0.15) is 11.8 Å². The predicted molar refractivity (Wildman–Crippen MR) is 84.7 cm³/mol. The minimum Gasteiger partial charge on any atom is -0.479 e. The molecule has 0 bridgehead atoms. The summed E-state index contributed by atoms with van der Waals surface area (Å²) < 4.78 is 0. The zero-order valence-electron chi connectivity index (χ0n) is 11.4. The summed E-state index contributed by atoms with van der Waals surface area (Å²) in [5.41, 5.74) is 5.10. The standard InChI is InChI=1S/C17H16O3S/c18-16(17(19)20)10-21-9-15-13-7-3-1-5-11(13)12-6-2-4-8-14(12)15/h1-8,15-16,18H,9-10H2,(H,19,20). The van der Waals surface area contributed by atoms with Gasteiger partial charge in [-0.25, -0.2) is 4.79 Å². The molecule has 21 heavy (non-hydrogen) atoms. The molecule has 0 amide bonds. The van der Waals surface area contributed by atoms with Gasteiger partial charge in [0, 0.05) is 17.4 Å². The maximum Gasteiger partial charge on any atom is 0.333 e. The Bertz CT molecular complexity index is 623. The van der Waals surface area contributed by atoms with Crippen LogP contribution in [0.2, 0.25) is 0 Å². The van der Waals surface area contributed by atoms with Crippen LogP contribution in [0.4, 0.5) is 0 Å². The number of rotatable bonds is 5. The number of aliphatic carboxylic acids is 1. The van der Waals surface area contributed by atoms with Crippen molar-refractivity contribution in [1.29, 1.82) is 0 Å². The number of carboxylic acids is 1. The van der Waals surface area contributed by atoms with Crippen molar-refractivity contribution in [3.8, 4) is 11.1 Å². The van der Waals surface area contributed by atoms with E-state index in [1.807, 2.05) is 24.3 Å². The van der Waals surface area contributed by atoms with Crippen molar-refractivity contribution < 1.29 is 15.0 Å². The molecule has 2 N–H and O–H groups in total. The lowest BCUT2D eigenvalue weighted by Gasteiger charge is -2.14. The van der Waals surface area contributed by atoms with Crippen LogP contribution < -0.4 is 0 Å². The molecule has 0 heterocycles. The van der Waals surface area contributed by atoms with Gasteiger partial charge in [-0.15, -0.1) is 0 Å².